The highest BCUT2D eigenvalue weighted by atomic mass is 32.2. The van der Waals surface area contributed by atoms with E-state index in [9.17, 15) is 18.3 Å². The van der Waals surface area contributed by atoms with Gasteiger partial charge in [-0.25, -0.2) is 8.42 Å². The molecule has 6 nitrogen and oxygen atoms in total. The molecule has 2 aliphatic heterocycles. The molecular formula is C11H19NO5S. The topological polar surface area (TPSA) is 83.9 Å². The molecule has 0 saturated carbocycles. The summed E-state index contributed by atoms with van der Waals surface area (Å²) < 4.78 is 27.9. The molecule has 0 aromatic carbocycles. The number of nitrogens with zero attached hydrogens (tertiary/aromatic N) is 1. The zero-order valence-corrected chi connectivity index (χ0v) is 11.1. The van der Waals surface area contributed by atoms with Gasteiger partial charge in [-0.2, -0.15) is 0 Å². The molecule has 1 N–H and O–H groups in total. The van der Waals surface area contributed by atoms with Gasteiger partial charge in [0.1, 0.15) is 0 Å². The number of hydrogen-bond donors (Lipinski definition) is 1. The van der Waals surface area contributed by atoms with E-state index in [1.807, 2.05) is 0 Å². The van der Waals surface area contributed by atoms with Gasteiger partial charge in [-0.05, 0) is 12.3 Å². The second kappa shape index (κ2) is 5.54. The van der Waals surface area contributed by atoms with E-state index in [-0.39, 0.29) is 42.4 Å². The van der Waals surface area contributed by atoms with Crippen LogP contribution >= 0.6 is 0 Å². The van der Waals surface area contributed by atoms with E-state index >= 15 is 0 Å². The van der Waals surface area contributed by atoms with E-state index in [4.69, 9.17) is 4.74 Å². The highest BCUT2D eigenvalue weighted by molar-refractivity contribution is 7.91. The molecule has 0 bridgehead atoms. The molecule has 0 aromatic rings. The molecular weight excluding hydrogens is 258 g/mol. The van der Waals surface area contributed by atoms with E-state index in [0.717, 1.165) is 0 Å². The molecule has 104 valence electrons. The minimum Gasteiger partial charge on any atom is -0.394 e. The van der Waals surface area contributed by atoms with Crippen LogP contribution in [-0.2, 0) is 19.4 Å². The van der Waals surface area contributed by atoms with Crippen LogP contribution in [0.4, 0.5) is 0 Å². The first-order valence-electron chi connectivity index (χ1n) is 6.20. The number of morpholine rings is 1. The number of sulfone groups is 1. The van der Waals surface area contributed by atoms with E-state index in [2.05, 4.69) is 0 Å². The fraction of sp³-hybridized carbons (Fsp3) is 0.909. The summed E-state index contributed by atoms with van der Waals surface area (Å²) in [5.74, 6) is 0.175. The molecule has 2 fully saturated rings. The monoisotopic (exact) mass is 277 g/mol. The number of hydrogen-bond acceptors (Lipinski definition) is 5. The normalized spacial score (nSPS) is 31.5. The van der Waals surface area contributed by atoms with Crippen LogP contribution in [0.2, 0.25) is 0 Å². The second-order valence-electron chi connectivity index (χ2n) is 4.97. The molecule has 2 rings (SSSR count). The molecule has 7 heteroatoms. The predicted molar refractivity (Wildman–Crippen MR) is 64.8 cm³/mol. The third-order valence-corrected chi connectivity index (χ3v) is 5.39. The van der Waals surface area contributed by atoms with Gasteiger partial charge in [0, 0.05) is 13.0 Å². The van der Waals surface area contributed by atoms with Crippen molar-refractivity contribution >= 4 is 15.7 Å². The Hall–Kier alpha value is -0.660. The number of rotatable bonds is 3. The fourth-order valence-electron chi connectivity index (χ4n) is 2.53. The number of aliphatic hydroxyl groups excluding tert-OH is 1. The van der Waals surface area contributed by atoms with Crippen LogP contribution in [0.25, 0.3) is 0 Å². The van der Waals surface area contributed by atoms with E-state index < -0.39 is 9.84 Å². The largest absolute Gasteiger partial charge is 0.394 e. The third kappa shape index (κ3) is 3.21. The molecule has 2 aliphatic rings. The Morgan fingerprint density at radius 2 is 2.22 bits per heavy atom. The van der Waals surface area contributed by atoms with Crippen molar-refractivity contribution in [3.8, 4) is 0 Å². The van der Waals surface area contributed by atoms with E-state index in [1.165, 1.54) is 0 Å². The quantitative estimate of drug-likeness (QED) is 0.717. The minimum absolute atomic E-state index is 0.0651. The predicted octanol–water partition coefficient (Wildman–Crippen LogP) is -0.969. The lowest BCUT2D eigenvalue weighted by molar-refractivity contribution is -0.142. The maximum atomic E-state index is 12.1. The first kappa shape index (κ1) is 13.8. The van der Waals surface area contributed by atoms with Crippen LogP contribution in [-0.4, -0.2) is 68.2 Å². The summed E-state index contributed by atoms with van der Waals surface area (Å²) in [5.41, 5.74) is 0. The zero-order chi connectivity index (χ0) is 13.2. The summed E-state index contributed by atoms with van der Waals surface area (Å²) in [7, 11) is -2.94. The van der Waals surface area contributed by atoms with Crippen molar-refractivity contribution in [2.45, 2.75) is 18.9 Å². The SMILES string of the molecule is O=C(CC1CCS(=O)(=O)C1)N1CCOCC1CO. The van der Waals surface area contributed by atoms with Crippen molar-refractivity contribution in [2.24, 2.45) is 5.92 Å². The minimum atomic E-state index is -2.94. The number of aliphatic hydroxyl groups is 1. The summed E-state index contributed by atoms with van der Waals surface area (Å²) in [6, 6.07) is -0.288. The van der Waals surface area contributed by atoms with Crippen LogP contribution in [0.15, 0.2) is 0 Å². The van der Waals surface area contributed by atoms with Gasteiger partial charge in [-0.15, -0.1) is 0 Å². The summed E-state index contributed by atoms with van der Waals surface area (Å²) in [6.45, 7) is 1.19. The smallest absolute Gasteiger partial charge is 0.223 e. The average Bonchev–Trinajstić information content (AvgIpc) is 2.68. The molecule has 2 atom stereocenters. The first-order chi connectivity index (χ1) is 8.52. The Bertz CT molecular complexity index is 408. The second-order valence-corrected chi connectivity index (χ2v) is 7.20. The molecule has 0 aliphatic carbocycles. The summed E-state index contributed by atoms with van der Waals surface area (Å²) in [5, 5.41) is 9.18. The standard InChI is InChI=1S/C11H19NO5S/c13-6-10-7-17-3-2-12(10)11(14)5-9-1-4-18(15,16)8-9/h9-10,13H,1-8H2. The van der Waals surface area contributed by atoms with Gasteiger partial charge >= 0.3 is 0 Å². The van der Waals surface area contributed by atoms with Crippen molar-refractivity contribution in [3.05, 3.63) is 0 Å². The van der Waals surface area contributed by atoms with Crippen molar-refractivity contribution in [2.75, 3.05) is 37.9 Å². The fourth-order valence-corrected chi connectivity index (χ4v) is 4.39. The maximum absolute atomic E-state index is 12.1. The number of ether oxygens (including phenoxy) is 1. The van der Waals surface area contributed by atoms with Gasteiger partial charge in [0.15, 0.2) is 9.84 Å². The van der Waals surface area contributed by atoms with Crippen molar-refractivity contribution < 1.29 is 23.1 Å². The van der Waals surface area contributed by atoms with Gasteiger partial charge in [-0.3, -0.25) is 4.79 Å². The third-order valence-electron chi connectivity index (χ3n) is 3.55. The number of amides is 1. The van der Waals surface area contributed by atoms with Crippen LogP contribution in [0, 0.1) is 5.92 Å². The Labute approximate surface area is 107 Å². The van der Waals surface area contributed by atoms with Gasteiger partial charge < -0.3 is 14.7 Å². The zero-order valence-electron chi connectivity index (χ0n) is 10.2. The Balaban J connectivity index is 1.91. The average molecular weight is 277 g/mol. The number of carbonyl (C=O) groups excluding carboxylic acids is 1. The van der Waals surface area contributed by atoms with E-state index in [1.54, 1.807) is 4.90 Å². The maximum Gasteiger partial charge on any atom is 0.223 e. The van der Waals surface area contributed by atoms with E-state index in [0.29, 0.717) is 26.2 Å². The lowest BCUT2D eigenvalue weighted by atomic mass is 10.0. The lowest BCUT2D eigenvalue weighted by Crippen LogP contribution is -2.50. The van der Waals surface area contributed by atoms with Crippen LogP contribution in [0.5, 0.6) is 0 Å². The van der Waals surface area contributed by atoms with Crippen molar-refractivity contribution in [3.63, 3.8) is 0 Å². The number of carbonyl (C=O) groups is 1. The molecule has 0 radical (unpaired) electrons. The molecule has 18 heavy (non-hydrogen) atoms. The Kier molecular flexibility index (Phi) is 4.24. The lowest BCUT2D eigenvalue weighted by Gasteiger charge is -2.35. The molecule has 1 amide bonds. The first-order valence-corrected chi connectivity index (χ1v) is 8.02. The van der Waals surface area contributed by atoms with Crippen molar-refractivity contribution in [1.29, 1.82) is 0 Å². The summed E-state index contributed by atoms with van der Waals surface area (Å²) in [4.78, 5) is 13.7. The summed E-state index contributed by atoms with van der Waals surface area (Å²) >= 11 is 0. The van der Waals surface area contributed by atoms with Crippen LogP contribution in [0.1, 0.15) is 12.8 Å². The van der Waals surface area contributed by atoms with Crippen LogP contribution < -0.4 is 0 Å². The van der Waals surface area contributed by atoms with Crippen molar-refractivity contribution in [1.82, 2.24) is 4.90 Å². The summed E-state index contributed by atoms with van der Waals surface area (Å²) in [6.07, 6.45) is 0.831. The van der Waals surface area contributed by atoms with Gasteiger partial charge in [0.05, 0.1) is 37.4 Å². The van der Waals surface area contributed by atoms with Gasteiger partial charge in [0.2, 0.25) is 5.91 Å². The highest BCUT2D eigenvalue weighted by Crippen LogP contribution is 2.23. The van der Waals surface area contributed by atoms with Gasteiger partial charge in [0.25, 0.3) is 0 Å². The molecule has 0 aromatic heterocycles. The molecule has 2 heterocycles. The molecule has 2 unspecified atom stereocenters. The Morgan fingerprint density at radius 1 is 1.44 bits per heavy atom. The van der Waals surface area contributed by atoms with Crippen LogP contribution in [0.3, 0.4) is 0 Å². The molecule has 0 spiro atoms. The van der Waals surface area contributed by atoms with Gasteiger partial charge in [-0.1, -0.05) is 0 Å². The highest BCUT2D eigenvalue weighted by Gasteiger charge is 2.33. The Morgan fingerprint density at radius 3 is 2.83 bits per heavy atom. The molecule has 2 saturated heterocycles.